The lowest BCUT2D eigenvalue weighted by Gasteiger charge is -2.04. The maximum atomic E-state index is 10.2. The highest BCUT2D eigenvalue weighted by atomic mass is 79.9. The van der Waals surface area contributed by atoms with Crippen LogP contribution in [0.4, 0.5) is 5.69 Å². The molecule has 0 bridgehead atoms. The molecule has 7 heteroatoms. The summed E-state index contributed by atoms with van der Waals surface area (Å²) in [6.45, 7) is 0. The lowest BCUT2D eigenvalue weighted by molar-refractivity contribution is -0.445. The third kappa shape index (κ3) is 2.65. The van der Waals surface area contributed by atoms with Gasteiger partial charge in [-0.05, 0) is 59.9 Å². The zero-order valence-corrected chi connectivity index (χ0v) is 10.8. The first kappa shape index (κ1) is 10.9. The Hall–Kier alpha value is -0.140. The van der Waals surface area contributed by atoms with Crippen molar-refractivity contribution in [3.63, 3.8) is 0 Å². The smallest absolute Gasteiger partial charge is 0.162 e. The molecule has 0 unspecified atom stereocenters. The first-order valence-corrected chi connectivity index (χ1v) is 5.45. The van der Waals surface area contributed by atoms with Crippen LogP contribution in [0.15, 0.2) is 25.6 Å². The molecule has 0 aliphatic carbocycles. The van der Waals surface area contributed by atoms with Crippen molar-refractivity contribution in [2.75, 3.05) is 5.43 Å². The average Bonchev–Trinajstić information content (AvgIpc) is 2.06. The van der Waals surface area contributed by atoms with E-state index in [1.165, 1.54) is 0 Å². The van der Waals surface area contributed by atoms with Crippen molar-refractivity contribution in [3.05, 3.63) is 35.7 Å². The molecule has 0 aromatic heterocycles. The number of rotatable bonds is 2. The Bertz CT molecular complexity index is 356. The van der Waals surface area contributed by atoms with Gasteiger partial charge in [-0.15, -0.1) is 5.43 Å². The zero-order chi connectivity index (χ0) is 10.0. The topological polar surface area (TPSA) is 55.2 Å². The number of anilines is 1. The Labute approximate surface area is 99.2 Å². The fourth-order valence-electron chi connectivity index (χ4n) is 0.711. The first-order valence-electron chi connectivity index (χ1n) is 3.07. The number of nitro groups is 1. The number of hydrogen-bond acceptors (Lipinski definition) is 2. The lowest BCUT2D eigenvalue weighted by Crippen LogP contribution is -2.08. The summed E-state index contributed by atoms with van der Waals surface area (Å²) in [4.78, 5) is 10.2. The lowest BCUT2D eigenvalue weighted by atomic mass is 10.3. The number of benzene rings is 1. The van der Waals surface area contributed by atoms with Crippen LogP contribution < -0.4 is 5.43 Å². The molecule has 0 spiro atoms. The van der Waals surface area contributed by atoms with Crippen LogP contribution in [0.5, 0.6) is 0 Å². The van der Waals surface area contributed by atoms with Crippen LogP contribution in [0.3, 0.4) is 0 Å². The Morgan fingerprint density at radius 3 is 2.38 bits per heavy atom. The molecule has 0 aliphatic rings. The second-order valence-electron chi connectivity index (χ2n) is 2.09. The van der Waals surface area contributed by atoms with Crippen LogP contribution in [0.2, 0.25) is 0 Å². The predicted octanol–water partition coefficient (Wildman–Crippen LogP) is 3.58. The van der Waals surface area contributed by atoms with E-state index in [4.69, 9.17) is 0 Å². The van der Waals surface area contributed by atoms with Crippen molar-refractivity contribution in [1.82, 2.24) is 0 Å². The summed E-state index contributed by atoms with van der Waals surface area (Å²) >= 11 is 9.75. The van der Waals surface area contributed by atoms with Gasteiger partial charge < -0.3 is 0 Å². The van der Waals surface area contributed by atoms with E-state index in [2.05, 4.69) is 53.2 Å². The zero-order valence-electron chi connectivity index (χ0n) is 6.05. The van der Waals surface area contributed by atoms with Crippen molar-refractivity contribution in [2.45, 2.75) is 0 Å². The highest BCUT2D eigenvalue weighted by Crippen LogP contribution is 2.36. The minimum Gasteiger partial charge on any atom is -0.235 e. The molecule has 1 aromatic carbocycles. The molecule has 0 saturated heterocycles. The number of halogens is 3. The quantitative estimate of drug-likeness (QED) is 0.489. The fraction of sp³-hybridized carbons (Fsp3) is 0. The molecule has 1 aromatic rings. The van der Waals surface area contributed by atoms with Gasteiger partial charge in [-0.1, -0.05) is 0 Å². The second-order valence-corrected chi connectivity index (χ2v) is 4.53. The van der Waals surface area contributed by atoms with Gasteiger partial charge in [0.15, 0.2) is 5.03 Å². The normalized spacial score (nSPS) is 9.77. The van der Waals surface area contributed by atoms with Gasteiger partial charge in [0.1, 0.15) is 5.69 Å². The molecule has 0 fully saturated rings. The van der Waals surface area contributed by atoms with Gasteiger partial charge >= 0.3 is 0 Å². The molecule has 1 N–H and O–H groups in total. The standard InChI is InChI=1S/C6H3Br3N2O2/c7-3-1-2-4(10-11(12)13)6(9)5(3)8/h1-2,10H. The fourth-order valence-corrected chi connectivity index (χ4v) is 2.09. The minimum atomic E-state index is -0.611. The van der Waals surface area contributed by atoms with Gasteiger partial charge in [-0.25, -0.2) is 10.1 Å². The molecular weight excluding hydrogens is 372 g/mol. The molecule has 1 rings (SSSR count). The largest absolute Gasteiger partial charge is 0.235 e. The number of hydrogen-bond donors (Lipinski definition) is 1. The molecule has 0 radical (unpaired) electrons. The molecule has 0 saturated carbocycles. The maximum absolute atomic E-state index is 10.2. The average molecular weight is 375 g/mol. The molecule has 13 heavy (non-hydrogen) atoms. The Morgan fingerprint density at radius 2 is 1.85 bits per heavy atom. The van der Waals surface area contributed by atoms with Gasteiger partial charge in [-0.3, -0.25) is 0 Å². The highest BCUT2D eigenvalue weighted by molar-refractivity contribution is 9.14. The van der Waals surface area contributed by atoms with E-state index in [-0.39, 0.29) is 0 Å². The van der Waals surface area contributed by atoms with E-state index < -0.39 is 5.03 Å². The second kappa shape index (κ2) is 4.39. The van der Waals surface area contributed by atoms with Gasteiger partial charge in [-0.2, -0.15) is 0 Å². The monoisotopic (exact) mass is 372 g/mol. The Balaban J connectivity index is 3.10. The molecule has 70 valence electrons. The van der Waals surface area contributed by atoms with Gasteiger partial charge in [0.2, 0.25) is 0 Å². The summed E-state index contributed by atoms with van der Waals surface area (Å²) in [5, 5.41) is 9.55. The molecule has 0 heterocycles. The third-order valence-electron chi connectivity index (χ3n) is 1.25. The molecule has 0 aliphatic heterocycles. The highest BCUT2D eigenvalue weighted by Gasteiger charge is 2.10. The van der Waals surface area contributed by atoms with E-state index in [0.29, 0.717) is 10.2 Å². The van der Waals surface area contributed by atoms with E-state index in [1.54, 1.807) is 12.1 Å². The summed E-state index contributed by atoms with van der Waals surface area (Å²) in [5.41, 5.74) is 2.47. The molecule has 0 atom stereocenters. The van der Waals surface area contributed by atoms with Crippen molar-refractivity contribution in [1.29, 1.82) is 0 Å². The maximum Gasteiger partial charge on any atom is 0.162 e. The SMILES string of the molecule is O=[N+]([O-])Nc1ccc(Br)c(Br)c1Br. The van der Waals surface area contributed by atoms with Crippen LogP contribution in [-0.4, -0.2) is 5.03 Å². The van der Waals surface area contributed by atoms with Gasteiger partial charge in [0.25, 0.3) is 0 Å². The van der Waals surface area contributed by atoms with Crippen LogP contribution in [0, 0.1) is 10.1 Å². The Morgan fingerprint density at radius 1 is 1.23 bits per heavy atom. The predicted molar refractivity (Wildman–Crippen MR) is 60.2 cm³/mol. The van der Waals surface area contributed by atoms with E-state index in [1.807, 2.05) is 0 Å². The van der Waals surface area contributed by atoms with Crippen molar-refractivity contribution in [3.8, 4) is 0 Å². The summed E-state index contributed by atoms with van der Waals surface area (Å²) in [6.07, 6.45) is 0. The van der Waals surface area contributed by atoms with Crippen LogP contribution >= 0.6 is 47.8 Å². The first-order chi connectivity index (χ1) is 6.02. The Kier molecular flexibility index (Phi) is 3.69. The van der Waals surface area contributed by atoms with Crippen molar-refractivity contribution >= 4 is 53.5 Å². The third-order valence-corrected chi connectivity index (χ3v) is 4.62. The summed E-state index contributed by atoms with van der Waals surface area (Å²) < 4.78 is 2.17. The number of nitrogens with zero attached hydrogens (tertiary/aromatic N) is 1. The number of hydrazine groups is 1. The van der Waals surface area contributed by atoms with Crippen LogP contribution in [-0.2, 0) is 0 Å². The van der Waals surface area contributed by atoms with E-state index in [0.717, 1.165) is 8.95 Å². The summed E-state index contributed by atoms with van der Waals surface area (Å²) in [7, 11) is 0. The van der Waals surface area contributed by atoms with Crippen LogP contribution in [0.25, 0.3) is 0 Å². The van der Waals surface area contributed by atoms with E-state index in [9.17, 15) is 10.1 Å². The van der Waals surface area contributed by atoms with Crippen molar-refractivity contribution in [2.24, 2.45) is 0 Å². The van der Waals surface area contributed by atoms with Gasteiger partial charge in [0, 0.05) is 8.95 Å². The minimum absolute atomic E-state index is 0.403. The number of nitrogens with one attached hydrogen (secondary N) is 1. The molecule has 0 amide bonds. The summed E-state index contributed by atoms with van der Waals surface area (Å²) in [5.74, 6) is 0. The van der Waals surface area contributed by atoms with Gasteiger partial charge in [0.05, 0.1) is 4.47 Å². The molecular formula is C6H3Br3N2O2. The van der Waals surface area contributed by atoms with Crippen LogP contribution in [0.1, 0.15) is 0 Å². The van der Waals surface area contributed by atoms with Crippen molar-refractivity contribution < 1.29 is 5.03 Å². The molecule has 4 nitrogen and oxygen atoms in total. The summed E-state index contributed by atoms with van der Waals surface area (Å²) in [6, 6.07) is 3.31. The van der Waals surface area contributed by atoms with E-state index >= 15 is 0 Å².